The number of rotatable bonds is 5. The van der Waals surface area contributed by atoms with Gasteiger partial charge in [0, 0.05) is 29.6 Å². The molecule has 4 rings (SSSR count). The van der Waals surface area contributed by atoms with E-state index in [4.69, 9.17) is 0 Å². The van der Waals surface area contributed by atoms with Crippen molar-refractivity contribution in [3.63, 3.8) is 0 Å². The molecule has 0 unspecified atom stereocenters. The third kappa shape index (κ3) is 3.85. The molecule has 2 aromatic heterocycles. The maximum atomic E-state index is 9.41. The van der Waals surface area contributed by atoms with Crippen molar-refractivity contribution in [1.29, 1.82) is 5.26 Å². The summed E-state index contributed by atoms with van der Waals surface area (Å²) < 4.78 is 0. The molecule has 1 aliphatic carbocycles. The summed E-state index contributed by atoms with van der Waals surface area (Å²) in [6.45, 7) is 4.20. The lowest BCUT2D eigenvalue weighted by molar-refractivity contribution is 0.479. The summed E-state index contributed by atoms with van der Waals surface area (Å²) in [4.78, 5) is 9.17. The van der Waals surface area contributed by atoms with Gasteiger partial charge >= 0.3 is 0 Å². The van der Waals surface area contributed by atoms with E-state index in [2.05, 4.69) is 63.2 Å². The highest BCUT2D eigenvalue weighted by Crippen LogP contribution is 2.31. The molecule has 0 saturated carbocycles. The molecule has 3 N–H and O–H groups in total. The van der Waals surface area contributed by atoms with Crippen molar-refractivity contribution >= 4 is 22.4 Å². The quantitative estimate of drug-likeness (QED) is 0.739. The molecule has 0 radical (unpaired) electrons. The van der Waals surface area contributed by atoms with Crippen LogP contribution in [0.2, 0.25) is 0 Å². The standard InChI is InChI=1S/C22H26N6/c1-2-22(8-4-3-5-9-22)28-21-19-12-20(26-17-7-6-10-24-15-17)25-14-16(19)11-18(13-23)27-21/h3-5,8,11-12,14,17,24H,2,6-7,9-10,15H2,1H3,(H,25,26)(H,27,28)/t17-,22-/m0/s1. The van der Waals surface area contributed by atoms with E-state index in [1.165, 1.54) is 6.42 Å². The highest BCUT2D eigenvalue weighted by atomic mass is 15.1. The van der Waals surface area contributed by atoms with Gasteiger partial charge in [0.25, 0.3) is 0 Å². The predicted molar refractivity (Wildman–Crippen MR) is 113 cm³/mol. The fourth-order valence-corrected chi connectivity index (χ4v) is 3.91. The summed E-state index contributed by atoms with van der Waals surface area (Å²) >= 11 is 0. The number of anilines is 2. The first-order valence-corrected chi connectivity index (χ1v) is 10.0. The van der Waals surface area contributed by atoms with Gasteiger partial charge in [-0.25, -0.2) is 9.97 Å². The molecule has 2 atom stereocenters. The van der Waals surface area contributed by atoms with E-state index in [-0.39, 0.29) is 5.54 Å². The Hall–Kier alpha value is -2.91. The van der Waals surface area contributed by atoms with Crippen LogP contribution in [0.3, 0.4) is 0 Å². The molecule has 0 amide bonds. The normalized spacial score (nSPS) is 24.1. The van der Waals surface area contributed by atoms with Crippen LogP contribution in [0.1, 0.15) is 38.3 Å². The first kappa shape index (κ1) is 18.5. The number of hydrogen-bond donors (Lipinski definition) is 3. The van der Waals surface area contributed by atoms with Gasteiger partial charge < -0.3 is 16.0 Å². The fraction of sp³-hybridized carbons (Fsp3) is 0.409. The Morgan fingerprint density at radius 1 is 1.36 bits per heavy atom. The van der Waals surface area contributed by atoms with Gasteiger partial charge in [-0.3, -0.25) is 0 Å². The molecule has 1 fully saturated rings. The van der Waals surface area contributed by atoms with E-state index < -0.39 is 0 Å². The molecule has 1 aliphatic heterocycles. The van der Waals surface area contributed by atoms with E-state index in [0.29, 0.717) is 11.7 Å². The summed E-state index contributed by atoms with van der Waals surface area (Å²) in [6.07, 6.45) is 14.4. The van der Waals surface area contributed by atoms with Crippen LogP contribution in [0, 0.1) is 11.3 Å². The summed E-state index contributed by atoms with van der Waals surface area (Å²) in [5.41, 5.74) is 0.211. The predicted octanol–water partition coefficient (Wildman–Crippen LogP) is 3.74. The Balaban J connectivity index is 1.70. The van der Waals surface area contributed by atoms with Crippen molar-refractivity contribution < 1.29 is 0 Å². The number of fused-ring (bicyclic) bond motifs is 1. The Kier molecular flexibility index (Phi) is 5.27. The molecule has 2 aliphatic rings. The average molecular weight is 374 g/mol. The van der Waals surface area contributed by atoms with Crippen LogP contribution in [0.15, 0.2) is 42.6 Å². The number of nitriles is 1. The van der Waals surface area contributed by atoms with E-state index in [1.54, 1.807) is 6.07 Å². The minimum absolute atomic E-state index is 0.188. The number of aromatic nitrogens is 2. The van der Waals surface area contributed by atoms with Crippen molar-refractivity contribution in [2.45, 2.75) is 44.2 Å². The van der Waals surface area contributed by atoms with E-state index >= 15 is 0 Å². The highest BCUT2D eigenvalue weighted by molar-refractivity contribution is 5.94. The Morgan fingerprint density at radius 2 is 2.29 bits per heavy atom. The molecule has 28 heavy (non-hydrogen) atoms. The highest BCUT2D eigenvalue weighted by Gasteiger charge is 2.26. The second-order valence-corrected chi connectivity index (χ2v) is 7.57. The Morgan fingerprint density at radius 3 is 3.00 bits per heavy atom. The lowest BCUT2D eigenvalue weighted by Gasteiger charge is -2.32. The van der Waals surface area contributed by atoms with Crippen LogP contribution in [0.25, 0.3) is 10.8 Å². The third-order valence-electron chi connectivity index (χ3n) is 5.62. The van der Waals surface area contributed by atoms with Gasteiger partial charge in [-0.2, -0.15) is 5.26 Å². The molecule has 0 aromatic carbocycles. The second kappa shape index (κ2) is 7.99. The molecule has 2 aromatic rings. The minimum Gasteiger partial charge on any atom is -0.366 e. The van der Waals surface area contributed by atoms with Gasteiger partial charge in [-0.1, -0.05) is 31.2 Å². The Labute approximate surface area is 165 Å². The van der Waals surface area contributed by atoms with Crippen LogP contribution in [-0.4, -0.2) is 34.6 Å². The smallest absolute Gasteiger partial charge is 0.143 e. The maximum absolute atomic E-state index is 9.41. The van der Waals surface area contributed by atoms with Gasteiger partial charge in [0.2, 0.25) is 0 Å². The fourth-order valence-electron chi connectivity index (χ4n) is 3.91. The number of allylic oxidation sites excluding steroid dienone is 2. The van der Waals surface area contributed by atoms with Gasteiger partial charge in [-0.15, -0.1) is 0 Å². The van der Waals surface area contributed by atoms with Crippen LogP contribution in [0.4, 0.5) is 11.6 Å². The van der Waals surface area contributed by atoms with E-state index in [1.807, 2.05) is 12.3 Å². The SMILES string of the molecule is CC[C@]1(Nc2nc(C#N)cc3cnc(N[C@H]4CCCNC4)cc23)C=CC=CC1. The number of piperidine rings is 1. The van der Waals surface area contributed by atoms with Crippen molar-refractivity contribution in [1.82, 2.24) is 15.3 Å². The van der Waals surface area contributed by atoms with Gasteiger partial charge in [-0.05, 0) is 44.4 Å². The first-order valence-electron chi connectivity index (χ1n) is 10.0. The second-order valence-electron chi connectivity index (χ2n) is 7.57. The summed E-state index contributed by atoms with van der Waals surface area (Å²) in [6, 6.07) is 6.40. The van der Waals surface area contributed by atoms with Crippen molar-refractivity contribution in [2.24, 2.45) is 0 Å². The molecular formula is C22H26N6. The van der Waals surface area contributed by atoms with Crippen molar-refractivity contribution in [3.05, 3.63) is 48.3 Å². The monoisotopic (exact) mass is 374 g/mol. The van der Waals surface area contributed by atoms with Crippen molar-refractivity contribution in [3.8, 4) is 6.07 Å². The summed E-state index contributed by atoms with van der Waals surface area (Å²) in [5.74, 6) is 1.59. The van der Waals surface area contributed by atoms with Crippen LogP contribution in [-0.2, 0) is 0 Å². The van der Waals surface area contributed by atoms with Crippen LogP contribution >= 0.6 is 0 Å². The third-order valence-corrected chi connectivity index (χ3v) is 5.62. The summed E-state index contributed by atoms with van der Waals surface area (Å²) in [5, 5.41) is 21.9. The van der Waals surface area contributed by atoms with Crippen LogP contribution in [0.5, 0.6) is 0 Å². The number of pyridine rings is 2. The number of nitrogens with one attached hydrogen (secondary N) is 3. The lowest BCUT2D eigenvalue weighted by atomic mass is 9.88. The Bertz CT molecular complexity index is 951. The zero-order valence-corrected chi connectivity index (χ0v) is 16.2. The van der Waals surface area contributed by atoms with Crippen LogP contribution < -0.4 is 16.0 Å². The first-order chi connectivity index (χ1) is 13.7. The number of nitrogens with zero attached hydrogens (tertiary/aromatic N) is 3. The zero-order chi connectivity index (χ0) is 19.4. The zero-order valence-electron chi connectivity index (χ0n) is 16.2. The molecule has 0 bridgehead atoms. The largest absolute Gasteiger partial charge is 0.366 e. The van der Waals surface area contributed by atoms with E-state index in [0.717, 1.165) is 54.8 Å². The minimum atomic E-state index is -0.188. The van der Waals surface area contributed by atoms with Gasteiger partial charge in [0.15, 0.2) is 0 Å². The topological polar surface area (TPSA) is 85.7 Å². The summed E-state index contributed by atoms with van der Waals surface area (Å²) in [7, 11) is 0. The van der Waals surface area contributed by atoms with Gasteiger partial charge in [0.1, 0.15) is 23.4 Å². The molecule has 144 valence electrons. The van der Waals surface area contributed by atoms with Crippen molar-refractivity contribution in [2.75, 3.05) is 23.7 Å². The average Bonchev–Trinajstić information content (AvgIpc) is 2.75. The molecular weight excluding hydrogens is 348 g/mol. The lowest BCUT2D eigenvalue weighted by Crippen LogP contribution is -2.38. The molecule has 3 heterocycles. The molecule has 6 heteroatoms. The molecule has 1 saturated heterocycles. The maximum Gasteiger partial charge on any atom is 0.143 e. The van der Waals surface area contributed by atoms with E-state index in [9.17, 15) is 5.26 Å². The molecule has 6 nitrogen and oxygen atoms in total. The van der Waals surface area contributed by atoms with Gasteiger partial charge in [0.05, 0.1) is 5.54 Å². The molecule has 0 spiro atoms. The number of hydrogen-bond acceptors (Lipinski definition) is 6.